The quantitative estimate of drug-likeness (QED) is 0.520. The predicted molar refractivity (Wildman–Crippen MR) is 28.0 cm³/mol. The van der Waals surface area contributed by atoms with Gasteiger partial charge in [0.25, 0.3) is 0 Å². The number of hydrogen-bond donors (Lipinski definition) is 0. The van der Waals surface area contributed by atoms with E-state index in [1.807, 2.05) is 0 Å². The topological polar surface area (TPSA) is 0 Å². The van der Waals surface area contributed by atoms with Crippen LogP contribution in [0.4, 0.5) is 22.0 Å². The highest BCUT2D eigenvalue weighted by atomic mass is 19.3. The first-order valence-corrected chi connectivity index (χ1v) is 2.41. The first kappa shape index (κ1) is 12.1. The van der Waals surface area contributed by atoms with Crippen LogP contribution >= 0.6 is 0 Å². The second kappa shape index (κ2) is 8.39. The van der Waals surface area contributed by atoms with Crippen LogP contribution in [0.2, 0.25) is 0 Å². The molecule has 0 radical (unpaired) electrons. The smallest absolute Gasteiger partial charge is 0.251 e. The molecule has 5 heteroatoms. The fourth-order valence-corrected chi connectivity index (χ4v) is 0.0505. The molecule has 0 fully saturated rings. The van der Waals surface area contributed by atoms with E-state index in [-0.39, 0.29) is 6.67 Å². The summed E-state index contributed by atoms with van der Waals surface area (Å²) in [5, 5.41) is 0. The molecule has 0 atom stereocenters. The number of halogens is 5. The van der Waals surface area contributed by atoms with E-state index >= 15 is 0 Å². The largest absolute Gasteiger partial charge is 0.304 e. The van der Waals surface area contributed by atoms with E-state index in [1.54, 1.807) is 0 Å². The Bertz CT molecular complexity index is 94.2. The van der Waals surface area contributed by atoms with Gasteiger partial charge < -0.3 is 0 Å². The van der Waals surface area contributed by atoms with Gasteiger partial charge in [-0.25, -0.2) is 8.78 Å². The minimum Gasteiger partial charge on any atom is -0.251 e. The Morgan fingerprint density at radius 1 is 1.10 bits per heavy atom. The van der Waals surface area contributed by atoms with Crippen LogP contribution in [0.25, 0.3) is 0 Å². The molecule has 0 bridgehead atoms. The Morgan fingerprint density at radius 3 is 1.40 bits per heavy atom. The Hall–Kier alpha value is -0.610. The second-order valence-corrected chi connectivity index (χ2v) is 1.07. The van der Waals surface area contributed by atoms with E-state index in [1.165, 1.54) is 6.92 Å². The molecule has 0 saturated carbocycles. The summed E-state index contributed by atoms with van der Waals surface area (Å²) in [6.45, 7) is -0.512. The van der Waals surface area contributed by atoms with Crippen LogP contribution in [0.1, 0.15) is 6.92 Å². The average molecular weight is 162 g/mol. The molecule has 0 aromatic heterocycles. The van der Waals surface area contributed by atoms with Crippen LogP contribution in [0.15, 0.2) is 11.9 Å². The van der Waals surface area contributed by atoms with Gasteiger partial charge in [-0.15, -0.1) is 0 Å². The zero-order valence-electron chi connectivity index (χ0n) is 5.30. The summed E-state index contributed by atoms with van der Waals surface area (Å²) in [6, 6.07) is 0. The van der Waals surface area contributed by atoms with E-state index in [9.17, 15) is 22.0 Å². The second-order valence-electron chi connectivity index (χ2n) is 1.07. The van der Waals surface area contributed by atoms with Gasteiger partial charge >= 0.3 is 6.08 Å². The van der Waals surface area contributed by atoms with E-state index in [0.29, 0.717) is 0 Å². The lowest BCUT2D eigenvalue weighted by Gasteiger charge is -1.79. The van der Waals surface area contributed by atoms with Gasteiger partial charge in [-0.2, -0.15) is 8.78 Å². The molecule has 0 nitrogen and oxygen atoms in total. The van der Waals surface area contributed by atoms with Crippen LogP contribution in [-0.2, 0) is 0 Å². The lowest BCUT2D eigenvalue weighted by molar-refractivity contribution is 0.348. The van der Waals surface area contributed by atoms with Gasteiger partial charge in [0.1, 0.15) is 6.67 Å². The number of alkyl halides is 2. The van der Waals surface area contributed by atoms with Crippen molar-refractivity contribution in [1.29, 1.82) is 0 Å². The van der Waals surface area contributed by atoms with Crippen molar-refractivity contribution in [3.05, 3.63) is 11.9 Å². The number of hydrogen-bond acceptors (Lipinski definition) is 0. The van der Waals surface area contributed by atoms with E-state index in [4.69, 9.17) is 0 Å². The first-order valence-electron chi connectivity index (χ1n) is 2.41. The van der Waals surface area contributed by atoms with E-state index in [2.05, 4.69) is 0 Å². The molecule has 0 rings (SSSR count). The first-order chi connectivity index (χ1) is 4.59. The Morgan fingerprint density at radius 2 is 1.40 bits per heavy atom. The van der Waals surface area contributed by atoms with Gasteiger partial charge in [0.05, 0.1) is 6.67 Å². The summed E-state index contributed by atoms with van der Waals surface area (Å²) in [7, 11) is 0. The number of rotatable bonds is 1. The van der Waals surface area contributed by atoms with Crippen LogP contribution in [0.5, 0.6) is 0 Å². The van der Waals surface area contributed by atoms with Gasteiger partial charge in [0, 0.05) is 0 Å². The zero-order chi connectivity index (χ0) is 8.57. The molecule has 0 spiro atoms. The molecule has 0 aliphatic rings. The molecule has 0 saturated heterocycles. The highest BCUT2D eigenvalue weighted by Crippen LogP contribution is 2.07. The third-order valence-electron chi connectivity index (χ3n) is 0.322. The summed E-state index contributed by atoms with van der Waals surface area (Å²) >= 11 is 0. The van der Waals surface area contributed by atoms with Crippen molar-refractivity contribution in [2.45, 2.75) is 6.92 Å². The van der Waals surface area contributed by atoms with Gasteiger partial charge in [0.15, 0.2) is 5.83 Å². The molecule has 0 amide bonds. The Labute approximate surface area is 55.3 Å². The van der Waals surface area contributed by atoms with Crippen molar-refractivity contribution in [3.8, 4) is 0 Å². The third kappa shape index (κ3) is 10.4. The monoisotopic (exact) mass is 162 g/mol. The standard InChI is InChI=1S/C3H2F4.C2H5F/c4-1-2(5)3(6)7;1-2-3/h1H2;2H2,1H3. The highest BCUT2D eigenvalue weighted by Gasteiger charge is 2.00. The van der Waals surface area contributed by atoms with Gasteiger partial charge in [-0.1, -0.05) is 0 Å². The average Bonchev–Trinajstić information content (AvgIpc) is 1.88. The fourth-order valence-electron chi connectivity index (χ4n) is 0.0505. The predicted octanol–water partition coefficient (Wildman–Crippen LogP) is 3.01. The molecule has 0 N–H and O–H groups in total. The zero-order valence-corrected chi connectivity index (χ0v) is 5.30. The molecule has 0 aliphatic carbocycles. The lowest BCUT2D eigenvalue weighted by Crippen LogP contribution is -1.74. The normalized spacial score (nSPS) is 7.80. The molecular weight excluding hydrogens is 155 g/mol. The maximum atomic E-state index is 11.0. The molecule has 10 heavy (non-hydrogen) atoms. The van der Waals surface area contributed by atoms with Crippen LogP contribution in [0.3, 0.4) is 0 Å². The van der Waals surface area contributed by atoms with Crippen molar-refractivity contribution in [2.75, 3.05) is 13.3 Å². The van der Waals surface area contributed by atoms with Crippen molar-refractivity contribution in [2.24, 2.45) is 0 Å². The Kier molecular flexibility index (Phi) is 10.2. The van der Waals surface area contributed by atoms with Crippen molar-refractivity contribution in [3.63, 3.8) is 0 Å². The van der Waals surface area contributed by atoms with E-state index in [0.717, 1.165) is 0 Å². The summed E-state index contributed by atoms with van der Waals surface area (Å²) in [6.07, 6.45) is -2.58. The summed E-state index contributed by atoms with van der Waals surface area (Å²) in [4.78, 5) is 0. The maximum Gasteiger partial charge on any atom is 0.304 e. The molecular formula is C5H7F5. The van der Waals surface area contributed by atoms with Crippen molar-refractivity contribution >= 4 is 0 Å². The minimum atomic E-state index is -2.58. The van der Waals surface area contributed by atoms with Crippen LogP contribution in [0, 0.1) is 0 Å². The van der Waals surface area contributed by atoms with E-state index < -0.39 is 18.6 Å². The number of allylic oxidation sites excluding steroid dienone is 1. The molecule has 62 valence electrons. The SMILES string of the molecule is CCF.FCC(F)=C(F)F. The fraction of sp³-hybridized carbons (Fsp3) is 0.600. The van der Waals surface area contributed by atoms with Gasteiger partial charge in [-0.05, 0) is 6.92 Å². The van der Waals surface area contributed by atoms with Crippen LogP contribution < -0.4 is 0 Å². The van der Waals surface area contributed by atoms with Gasteiger partial charge in [-0.3, -0.25) is 4.39 Å². The summed E-state index contributed by atoms with van der Waals surface area (Å²) in [5.41, 5.74) is 0. The summed E-state index contributed by atoms with van der Waals surface area (Å²) in [5.74, 6) is -1.99. The minimum absolute atomic E-state index is 0.250. The third-order valence-corrected chi connectivity index (χ3v) is 0.322. The van der Waals surface area contributed by atoms with Crippen LogP contribution in [-0.4, -0.2) is 13.3 Å². The van der Waals surface area contributed by atoms with Crippen molar-refractivity contribution in [1.82, 2.24) is 0 Å². The molecule has 0 heterocycles. The highest BCUT2D eigenvalue weighted by molar-refractivity contribution is 4.90. The molecule has 0 aliphatic heterocycles. The molecule has 0 unspecified atom stereocenters. The summed E-state index contributed by atoms with van der Waals surface area (Å²) < 4.78 is 53.4. The maximum absolute atomic E-state index is 11.0. The molecule has 0 aromatic rings. The lowest BCUT2D eigenvalue weighted by atomic mass is 10.6. The Balaban J connectivity index is 0. The molecule has 0 aromatic carbocycles. The van der Waals surface area contributed by atoms with Crippen molar-refractivity contribution < 1.29 is 22.0 Å². The van der Waals surface area contributed by atoms with Gasteiger partial charge in [0.2, 0.25) is 0 Å².